The van der Waals surface area contributed by atoms with Crippen LogP contribution >= 0.6 is 0 Å². The molecule has 0 saturated heterocycles. The number of carbonyl (C=O) groups is 1. The molecule has 0 bridgehead atoms. The molecule has 0 spiro atoms. The van der Waals surface area contributed by atoms with Gasteiger partial charge in [-0.3, -0.25) is 14.3 Å². The van der Waals surface area contributed by atoms with Crippen LogP contribution in [0.1, 0.15) is 27.2 Å². The maximum Gasteiger partial charge on any atom is 0.330 e. The van der Waals surface area contributed by atoms with Crippen LogP contribution in [0.25, 0.3) is 0 Å². The van der Waals surface area contributed by atoms with E-state index in [2.05, 4.69) is 10.3 Å². The van der Waals surface area contributed by atoms with Crippen molar-refractivity contribution in [2.45, 2.75) is 39.8 Å². The Morgan fingerprint density at radius 1 is 1.43 bits per heavy atom. The van der Waals surface area contributed by atoms with Crippen LogP contribution in [0.2, 0.25) is 0 Å². The van der Waals surface area contributed by atoms with E-state index in [9.17, 15) is 14.4 Å². The topological polar surface area (TPSA) is 119 Å². The largest absolute Gasteiger partial charge is 0.467 e. The van der Waals surface area contributed by atoms with E-state index in [1.54, 1.807) is 6.92 Å². The number of aromatic nitrogens is 2. The quantitative estimate of drug-likeness (QED) is 0.643. The van der Waals surface area contributed by atoms with E-state index in [-0.39, 0.29) is 17.4 Å². The number of hydrogen-bond donors (Lipinski definition) is 3. The number of nitrogen functional groups attached to an aromatic ring is 1. The molecule has 0 amide bonds. The Kier molecular flexibility index (Phi) is 5.57. The second-order valence-corrected chi connectivity index (χ2v) is 5.11. The number of rotatable bonds is 6. The zero-order valence-corrected chi connectivity index (χ0v) is 12.7. The summed E-state index contributed by atoms with van der Waals surface area (Å²) in [5, 5.41) is 2.80. The van der Waals surface area contributed by atoms with Gasteiger partial charge in [0.15, 0.2) is 0 Å². The first-order valence-corrected chi connectivity index (χ1v) is 6.78. The summed E-state index contributed by atoms with van der Waals surface area (Å²) in [5.41, 5.74) is 4.62. The molecule has 1 aromatic heterocycles. The number of carbonyl (C=O) groups excluding carboxylic acids is 1. The summed E-state index contributed by atoms with van der Waals surface area (Å²) in [6.07, 6.45) is 0.469. The molecule has 0 radical (unpaired) electrons. The third-order valence-corrected chi connectivity index (χ3v) is 3.07. The number of ether oxygens (including phenoxy) is 1. The van der Waals surface area contributed by atoms with Gasteiger partial charge in [-0.15, -0.1) is 0 Å². The molecule has 0 aromatic carbocycles. The lowest BCUT2D eigenvalue weighted by atomic mass is 10.0. The Hall–Kier alpha value is -2.25. The minimum Gasteiger partial charge on any atom is -0.467 e. The van der Waals surface area contributed by atoms with Gasteiger partial charge in [-0.2, -0.15) is 0 Å². The third-order valence-electron chi connectivity index (χ3n) is 3.07. The van der Waals surface area contributed by atoms with Crippen LogP contribution < -0.4 is 22.3 Å². The van der Waals surface area contributed by atoms with E-state index < -0.39 is 23.3 Å². The molecule has 1 rings (SSSR count). The van der Waals surface area contributed by atoms with Gasteiger partial charge in [0.1, 0.15) is 17.5 Å². The van der Waals surface area contributed by atoms with Gasteiger partial charge in [0.2, 0.25) is 0 Å². The van der Waals surface area contributed by atoms with Crippen LogP contribution in [0.15, 0.2) is 9.59 Å². The number of aromatic amines is 1. The Morgan fingerprint density at radius 3 is 2.52 bits per heavy atom. The molecule has 0 aliphatic rings. The molecule has 0 saturated carbocycles. The maximum atomic E-state index is 11.9. The van der Waals surface area contributed by atoms with Crippen molar-refractivity contribution in [1.29, 1.82) is 0 Å². The van der Waals surface area contributed by atoms with E-state index >= 15 is 0 Å². The van der Waals surface area contributed by atoms with Gasteiger partial charge in [-0.25, -0.2) is 9.59 Å². The highest BCUT2D eigenvalue weighted by atomic mass is 16.5. The molecule has 1 atom stereocenters. The molecular weight excluding hydrogens is 276 g/mol. The fraction of sp³-hybridized carbons (Fsp3) is 0.615. The molecule has 0 aliphatic heterocycles. The van der Waals surface area contributed by atoms with E-state index in [1.165, 1.54) is 11.7 Å². The van der Waals surface area contributed by atoms with Crippen LogP contribution in [-0.4, -0.2) is 28.7 Å². The maximum absolute atomic E-state index is 11.9. The summed E-state index contributed by atoms with van der Waals surface area (Å²) in [5.74, 6) is -0.278. The summed E-state index contributed by atoms with van der Waals surface area (Å²) >= 11 is 0. The number of anilines is 2. The monoisotopic (exact) mass is 298 g/mol. The number of nitrogens with one attached hydrogen (secondary N) is 2. The van der Waals surface area contributed by atoms with Crippen molar-refractivity contribution >= 4 is 17.5 Å². The van der Waals surface area contributed by atoms with Gasteiger partial charge in [0.25, 0.3) is 5.56 Å². The number of nitrogens with two attached hydrogens (primary N) is 1. The molecular formula is C13H22N4O4. The first-order chi connectivity index (χ1) is 9.81. The highest BCUT2D eigenvalue weighted by Gasteiger charge is 2.23. The van der Waals surface area contributed by atoms with E-state index in [4.69, 9.17) is 10.5 Å². The van der Waals surface area contributed by atoms with Crippen LogP contribution in [0, 0.1) is 5.92 Å². The lowest BCUT2D eigenvalue weighted by Crippen LogP contribution is -2.38. The minimum absolute atomic E-state index is 0.00362. The SMILES string of the molecule is CCn1c(N)c(NC(CC(C)C)C(=O)OC)c(=O)[nH]c1=O. The van der Waals surface area contributed by atoms with Gasteiger partial charge in [0, 0.05) is 6.54 Å². The van der Waals surface area contributed by atoms with Crippen molar-refractivity contribution in [1.82, 2.24) is 9.55 Å². The van der Waals surface area contributed by atoms with Crippen molar-refractivity contribution in [2.24, 2.45) is 5.92 Å². The fourth-order valence-electron chi connectivity index (χ4n) is 2.04. The van der Waals surface area contributed by atoms with E-state index in [0.29, 0.717) is 13.0 Å². The number of hydrogen-bond acceptors (Lipinski definition) is 6. The predicted molar refractivity (Wildman–Crippen MR) is 80.3 cm³/mol. The zero-order valence-electron chi connectivity index (χ0n) is 12.7. The molecule has 1 aromatic rings. The lowest BCUT2D eigenvalue weighted by Gasteiger charge is -2.20. The second-order valence-electron chi connectivity index (χ2n) is 5.11. The molecule has 0 aliphatic carbocycles. The van der Waals surface area contributed by atoms with Gasteiger partial charge in [-0.05, 0) is 19.3 Å². The third kappa shape index (κ3) is 3.87. The summed E-state index contributed by atoms with van der Waals surface area (Å²) in [7, 11) is 1.28. The molecule has 8 heteroatoms. The standard InChI is InChI=1S/C13H22N4O4/c1-5-17-10(14)9(11(18)16-13(17)20)15-8(6-7(2)3)12(19)21-4/h7-8,15H,5-6,14H2,1-4H3,(H,16,18,20). The van der Waals surface area contributed by atoms with E-state index in [0.717, 1.165) is 0 Å². The van der Waals surface area contributed by atoms with Crippen molar-refractivity contribution in [3.05, 3.63) is 20.8 Å². The fourth-order valence-corrected chi connectivity index (χ4v) is 2.04. The summed E-state index contributed by atoms with van der Waals surface area (Å²) < 4.78 is 5.94. The molecule has 8 nitrogen and oxygen atoms in total. The number of methoxy groups -OCH3 is 1. The summed E-state index contributed by atoms with van der Waals surface area (Å²) in [6, 6.07) is -0.707. The normalized spacial score (nSPS) is 12.2. The van der Waals surface area contributed by atoms with E-state index in [1.807, 2.05) is 13.8 Å². The van der Waals surface area contributed by atoms with Gasteiger partial charge in [0.05, 0.1) is 7.11 Å². The Balaban J connectivity index is 3.23. The second kappa shape index (κ2) is 6.96. The average molecular weight is 298 g/mol. The number of nitrogens with zero attached hydrogens (tertiary/aromatic N) is 1. The highest BCUT2D eigenvalue weighted by Crippen LogP contribution is 2.15. The van der Waals surface area contributed by atoms with Gasteiger partial charge >= 0.3 is 11.7 Å². The van der Waals surface area contributed by atoms with Crippen LogP contribution in [0.3, 0.4) is 0 Å². The van der Waals surface area contributed by atoms with Gasteiger partial charge in [-0.1, -0.05) is 13.8 Å². The smallest absolute Gasteiger partial charge is 0.330 e. The first kappa shape index (κ1) is 16.8. The summed E-state index contributed by atoms with van der Waals surface area (Å²) in [4.78, 5) is 37.5. The molecule has 4 N–H and O–H groups in total. The van der Waals surface area contributed by atoms with Gasteiger partial charge < -0.3 is 15.8 Å². The summed E-state index contributed by atoms with van der Waals surface area (Å²) in [6.45, 7) is 5.92. The van der Waals surface area contributed by atoms with Crippen LogP contribution in [0.5, 0.6) is 0 Å². The highest BCUT2D eigenvalue weighted by molar-refractivity contribution is 5.80. The molecule has 1 heterocycles. The molecule has 0 fully saturated rings. The Morgan fingerprint density at radius 2 is 2.05 bits per heavy atom. The Labute approximate surface area is 122 Å². The molecule has 118 valence electrons. The molecule has 1 unspecified atom stereocenters. The Bertz CT molecular complexity index is 618. The van der Waals surface area contributed by atoms with Crippen molar-refractivity contribution in [2.75, 3.05) is 18.2 Å². The van der Waals surface area contributed by atoms with Crippen molar-refractivity contribution in [3.8, 4) is 0 Å². The van der Waals surface area contributed by atoms with Crippen LogP contribution in [0.4, 0.5) is 11.5 Å². The number of esters is 1. The zero-order chi connectivity index (χ0) is 16.2. The van der Waals surface area contributed by atoms with Crippen LogP contribution in [-0.2, 0) is 16.1 Å². The first-order valence-electron chi connectivity index (χ1n) is 6.78. The molecule has 21 heavy (non-hydrogen) atoms. The lowest BCUT2D eigenvalue weighted by molar-refractivity contribution is -0.141. The average Bonchev–Trinajstić information content (AvgIpc) is 2.41. The minimum atomic E-state index is -0.707. The van der Waals surface area contributed by atoms with Crippen molar-refractivity contribution in [3.63, 3.8) is 0 Å². The predicted octanol–water partition coefficient (Wildman–Crippen LogP) is 0.138. The number of H-pyrrole nitrogens is 1. The van der Waals surface area contributed by atoms with Crippen molar-refractivity contribution < 1.29 is 9.53 Å².